The molecule has 0 radical (unpaired) electrons. The van der Waals surface area contributed by atoms with Crippen molar-refractivity contribution in [3.63, 3.8) is 0 Å². The molecule has 0 fully saturated rings. The first kappa shape index (κ1) is 26.9. The molecular formula is C31H30ClN6O2+. The van der Waals surface area contributed by atoms with Gasteiger partial charge in [-0.3, -0.25) is 0 Å². The van der Waals surface area contributed by atoms with Crippen LogP contribution in [0.2, 0.25) is 5.02 Å². The molecule has 0 atom stereocenters. The molecule has 9 heteroatoms. The summed E-state index contributed by atoms with van der Waals surface area (Å²) < 4.78 is 11.2. The fraction of sp³-hybridized carbons (Fsp3) is 0.161. The predicted octanol–water partition coefficient (Wildman–Crippen LogP) is 7.60. The zero-order valence-electron chi connectivity index (χ0n) is 22.8. The van der Waals surface area contributed by atoms with E-state index in [4.69, 9.17) is 16.3 Å². The van der Waals surface area contributed by atoms with Crippen molar-refractivity contribution in [2.75, 3.05) is 11.9 Å². The zero-order valence-corrected chi connectivity index (χ0v) is 23.6. The first-order valence-corrected chi connectivity index (χ1v) is 13.3. The number of aromatic nitrogens is 3. The summed E-state index contributed by atoms with van der Waals surface area (Å²) in [5.74, 6) is 0.418. The molecule has 0 amide bonds. The Hall–Kier alpha value is -4.69. The van der Waals surface area contributed by atoms with Crippen molar-refractivity contribution in [2.24, 2.45) is 24.3 Å². The molecule has 0 bridgehead atoms. The lowest BCUT2D eigenvalue weighted by Crippen LogP contribution is -2.25. The number of hydrogen-bond donors (Lipinski definition) is 1. The summed E-state index contributed by atoms with van der Waals surface area (Å²) >= 11 is 6.13. The number of nitrogens with one attached hydrogen (secondary N) is 1. The number of hydrogen-bond acceptors (Lipinski definition) is 5. The lowest BCUT2D eigenvalue weighted by Gasteiger charge is -2.14. The molecule has 5 rings (SSSR count). The zero-order chi connectivity index (χ0) is 28.2. The Morgan fingerprint density at radius 2 is 1.62 bits per heavy atom. The van der Waals surface area contributed by atoms with Crippen LogP contribution in [0.5, 0.6) is 0 Å². The molecule has 8 nitrogen and oxygen atoms in total. The summed E-state index contributed by atoms with van der Waals surface area (Å²) in [5, 5.41) is 12.8. The number of azo groups is 1. The monoisotopic (exact) mass is 553 g/mol. The van der Waals surface area contributed by atoms with E-state index in [2.05, 4.69) is 20.1 Å². The van der Waals surface area contributed by atoms with E-state index in [1.54, 1.807) is 6.92 Å². The van der Waals surface area contributed by atoms with Crippen LogP contribution < -0.4 is 9.88 Å². The van der Waals surface area contributed by atoms with Gasteiger partial charge in [-0.05, 0) is 86.1 Å². The summed E-state index contributed by atoms with van der Waals surface area (Å²) in [6, 6.07) is 25.3. The normalized spacial score (nSPS) is 11.2. The van der Waals surface area contributed by atoms with Gasteiger partial charge in [0.15, 0.2) is 0 Å². The van der Waals surface area contributed by atoms with Gasteiger partial charge < -0.3 is 14.6 Å². The van der Waals surface area contributed by atoms with E-state index in [1.807, 2.05) is 121 Å². The Kier molecular flexibility index (Phi) is 7.79. The van der Waals surface area contributed by atoms with E-state index >= 15 is 0 Å². The van der Waals surface area contributed by atoms with Crippen LogP contribution in [0, 0.1) is 6.92 Å². The maximum absolute atomic E-state index is 12.7. The number of imidazole rings is 1. The Labute approximate surface area is 238 Å². The van der Waals surface area contributed by atoms with Gasteiger partial charge >= 0.3 is 11.9 Å². The van der Waals surface area contributed by atoms with Crippen molar-refractivity contribution in [1.82, 2.24) is 9.13 Å². The molecule has 2 aromatic heterocycles. The van der Waals surface area contributed by atoms with E-state index in [-0.39, 0.29) is 5.97 Å². The molecule has 2 heterocycles. The third-order valence-electron chi connectivity index (χ3n) is 6.56. The molecule has 0 saturated carbocycles. The third-order valence-corrected chi connectivity index (χ3v) is 6.82. The minimum absolute atomic E-state index is 0.315. The van der Waals surface area contributed by atoms with E-state index in [0.29, 0.717) is 17.2 Å². The first-order chi connectivity index (χ1) is 19.3. The smallest absolute Gasteiger partial charge is 0.421 e. The Morgan fingerprint density at radius 1 is 0.975 bits per heavy atom. The van der Waals surface area contributed by atoms with Gasteiger partial charge in [0.25, 0.3) is 0 Å². The average molecular weight is 554 g/mol. The molecule has 202 valence electrons. The number of carbonyl (C=O) groups excluding carboxylic acids is 1. The van der Waals surface area contributed by atoms with Crippen LogP contribution >= 0.6 is 11.6 Å². The molecule has 0 spiro atoms. The highest BCUT2D eigenvalue weighted by atomic mass is 35.5. The van der Waals surface area contributed by atoms with Crippen molar-refractivity contribution in [3.8, 4) is 16.9 Å². The number of benzene rings is 3. The van der Waals surface area contributed by atoms with Crippen LogP contribution in [0.3, 0.4) is 0 Å². The van der Waals surface area contributed by atoms with Gasteiger partial charge in [0.2, 0.25) is 0 Å². The Bertz CT molecular complexity index is 1650. The molecule has 40 heavy (non-hydrogen) atoms. The number of anilines is 2. The fourth-order valence-electron chi connectivity index (χ4n) is 4.49. The van der Waals surface area contributed by atoms with Crippen LogP contribution in [0.15, 0.2) is 101 Å². The quantitative estimate of drug-likeness (QED) is 0.122. The number of nitrogens with zero attached hydrogens (tertiary/aromatic N) is 5. The van der Waals surface area contributed by atoms with E-state index in [9.17, 15) is 4.79 Å². The van der Waals surface area contributed by atoms with Crippen LogP contribution in [-0.4, -0.2) is 21.7 Å². The standard InChI is InChI=1S/C31H29ClN6O2/c1-5-40-30(39)28-20-29(22-6-8-23(32)9-7-22)38(21(28)2)27-16-14-25(15-17-27)33-24-10-12-26(13-11-24)34-35-31-36(3)18-19-37(31)4/h6-20H,5H2,1-4H3/p+1. The number of carbonyl (C=O) groups is 1. The molecule has 0 aliphatic heterocycles. The summed E-state index contributed by atoms with van der Waals surface area (Å²) in [5.41, 5.74) is 6.71. The van der Waals surface area contributed by atoms with Crippen LogP contribution in [0.1, 0.15) is 23.0 Å². The van der Waals surface area contributed by atoms with Gasteiger partial charge in [-0.15, -0.1) is 0 Å². The maximum Gasteiger partial charge on any atom is 0.421 e. The molecule has 0 aliphatic rings. The number of esters is 1. The lowest BCUT2D eigenvalue weighted by molar-refractivity contribution is -0.657. The summed E-state index contributed by atoms with van der Waals surface area (Å²) in [6.45, 7) is 4.04. The Morgan fingerprint density at radius 3 is 2.23 bits per heavy atom. The van der Waals surface area contributed by atoms with Crippen molar-refractivity contribution >= 4 is 40.6 Å². The van der Waals surface area contributed by atoms with Crippen molar-refractivity contribution in [2.45, 2.75) is 13.8 Å². The van der Waals surface area contributed by atoms with E-state index < -0.39 is 0 Å². The highest BCUT2D eigenvalue weighted by Gasteiger charge is 2.20. The number of aryl methyl sites for hydroxylation is 2. The molecular weight excluding hydrogens is 524 g/mol. The first-order valence-electron chi connectivity index (χ1n) is 12.9. The van der Waals surface area contributed by atoms with Gasteiger partial charge in [-0.1, -0.05) is 28.8 Å². The van der Waals surface area contributed by atoms with Gasteiger partial charge in [0.05, 0.1) is 44.4 Å². The van der Waals surface area contributed by atoms with Crippen LogP contribution in [0.25, 0.3) is 16.9 Å². The summed E-state index contributed by atoms with van der Waals surface area (Å²) in [4.78, 5) is 12.7. The van der Waals surface area contributed by atoms with Crippen molar-refractivity contribution in [3.05, 3.63) is 108 Å². The highest BCUT2D eigenvalue weighted by molar-refractivity contribution is 6.30. The second kappa shape index (κ2) is 11.6. The molecule has 0 unspecified atom stereocenters. The molecule has 0 saturated heterocycles. The minimum atomic E-state index is -0.340. The number of ether oxygens (including phenoxy) is 1. The summed E-state index contributed by atoms with van der Waals surface area (Å²) in [7, 11) is 3.87. The van der Waals surface area contributed by atoms with E-state index in [0.717, 1.165) is 45.6 Å². The Balaban J connectivity index is 1.38. The lowest BCUT2D eigenvalue weighted by atomic mass is 10.1. The number of halogens is 1. The van der Waals surface area contributed by atoms with Gasteiger partial charge in [-0.2, -0.15) is 0 Å². The van der Waals surface area contributed by atoms with Crippen molar-refractivity contribution in [1.29, 1.82) is 0 Å². The van der Waals surface area contributed by atoms with Gasteiger partial charge in [-0.25, -0.2) is 13.9 Å². The average Bonchev–Trinajstić information content (AvgIpc) is 3.47. The van der Waals surface area contributed by atoms with Crippen LogP contribution in [0.4, 0.5) is 23.0 Å². The second-order valence-electron chi connectivity index (χ2n) is 9.33. The maximum atomic E-state index is 12.7. The number of rotatable bonds is 8. The molecule has 3 aromatic carbocycles. The predicted molar refractivity (Wildman–Crippen MR) is 157 cm³/mol. The highest BCUT2D eigenvalue weighted by Crippen LogP contribution is 2.32. The van der Waals surface area contributed by atoms with Gasteiger partial charge in [0.1, 0.15) is 5.69 Å². The largest absolute Gasteiger partial charge is 0.462 e. The minimum Gasteiger partial charge on any atom is -0.462 e. The van der Waals surface area contributed by atoms with Crippen LogP contribution in [-0.2, 0) is 18.8 Å². The summed E-state index contributed by atoms with van der Waals surface area (Å²) in [6.07, 6.45) is 3.87. The topological polar surface area (TPSA) is 76.8 Å². The second-order valence-corrected chi connectivity index (χ2v) is 9.77. The molecule has 1 N–H and O–H groups in total. The molecule has 5 aromatic rings. The van der Waals surface area contributed by atoms with Gasteiger partial charge in [0, 0.05) is 32.9 Å². The fourth-order valence-corrected chi connectivity index (χ4v) is 4.61. The van der Waals surface area contributed by atoms with E-state index in [1.165, 1.54) is 0 Å². The molecule has 0 aliphatic carbocycles. The SMILES string of the molecule is CCOC(=O)c1cc(-c2ccc(Cl)cc2)n(-c2ccc(Nc3ccc(N=Nc4n(C)cc[n+]4C)cc3)cc2)c1C. The van der Waals surface area contributed by atoms with Crippen molar-refractivity contribution < 1.29 is 14.1 Å². The third kappa shape index (κ3) is 5.67.